The second-order valence-electron chi connectivity index (χ2n) is 8.53. The highest BCUT2D eigenvalue weighted by Crippen LogP contribution is 2.55. The van der Waals surface area contributed by atoms with Gasteiger partial charge in [-0.2, -0.15) is 0 Å². The van der Waals surface area contributed by atoms with Crippen molar-refractivity contribution >= 4 is 11.9 Å². The lowest BCUT2D eigenvalue weighted by atomic mass is 9.87. The van der Waals surface area contributed by atoms with Crippen LogP contribution in [0.3, 0.4) is 0 Å². The molecule has 0 aromatic heterocycles. The van der Waals surface area contributed by atoms with Gasteiger partial charge in [0.1, 0.15) is 11.5 Å². The highest BCUT2D eigenvalue weighted by atomic mass is 16.5. The molecule has 1 aliphatic carbocycles. The summed E-state index contributed by atoms with van der Waals surface area (Å²) in [7, 11) is 12.3. The smallest absolute Gasteiger partial charge is 0.203 e. The molecule has 0 saturated carbocycles. The zero-order chi connectivity index (χ0) is 28.3. The van der Waals surface area contributed by atoms with Gasteiger partial charge >= 0.3 is 0 Å². The first-order valence-corrected chi connectivity index (χ1v) is 12.0. The fourth-order valence-corrected chi connectivity index (χ4v) is 4.96. The fraction of sp³-hybridized carbons (Fsp3) is 0.300. The van der Waals surface area contributed by atoms with E-state index in [1.54, 1.807) is 40.6 Å². The molecular weight excluding hydrogens is 504 g/mol. The van der Waals surface area contributed by atoms with Gasteiger partial charge in [-0.1, -0.05) is 0 Å². The Morgan fingerprint density at radius 2 is 1.15 bits per heavy atom. The van der Waals surface area contributed by atoms with Crippen molar-refractivity contribution in [3.8, 4) is 46.0 Å². The second-order valence-corrected chi connectivity index (χ2v) is 8.53. The molecule has 0 amide bonds. The van der Waals surface area contributed by atoms with Crippen LogP contribution in [0.2, 0.25) is 0 Å². The average Bonchev–Trinajstić information content (AvgIpc) is 3.25. The predicted octanol–water partition coefficient (Wildman–Crippen LogP) is 5.17. The highest BCUT2D eigenvalue weighted by molar-refractivity contribution is 6.18. The van der Waals surface area contributed by atoms with E-state index >= 15 is 0 Å². The van der Waals surface area contributed by atoms with Crippen molar-refractivity contribution in [2.45, 2.75) is 5.92 Å². The topological polar surface area (TPSA) is 90.9 Å². The summed E-state index contributed by atoms with van der Waals surface area (Å²) in [6, 6.07) is 10.7. The molecule has 206 valence electrons. The number of rotatable bonds is 10. The van der Waals surface area contributed by atoms with Crippen LogP contribution in [0.15, 0.2) is 42.0 Å². The molecule has 1 unspecified atom stereocenters. The average molecular weight is 537 g/mol. The molecule has 0 fully saturated rings. The Morgan fingerprint density at radius 1 is 0.590 bits per heavy atom. The zero-order valence-electron chi connectivity index (χ0n) is 23.3. The number of carbonyl (C=O) groups is 1. The zero-order valence-corrected chi connectivity index (χ0v) is 23.3. The number of Topliss-reactive ketones (excluding diaryl/α,β-unsaturated/α-hetero) is 1. The van der Waals surface area contributed by atoms with Crippen molar-refractivity contribution in [2.24, 2.45) is 0 Å². The standard InChI is InChI=1S/C30H32O9/c1-32-18-10-9-16(21(14-18)33-2)11-19-25(17-12-22(34-3)28(37-6)23(13-17)35-4)26-20(27(19)31)15-24(36-5)29(38-7)30(26)39-8/h9-15,25H,1-8H3/b19-11-. The lowest BCUT2D eigenvalue weighted by molar-refractivity contribution is 0.103. The van der Waals surface area contributed by atoms with Gasteiger partial charge in [-0.25, -0.2) is 0 Å². The number of fused-ring (bicyclic) bond motifs is 1. The highest BCUT2D eigenvalue weighted by Gasteiger charge is 2.41. The van der Waals surface area contributed by atoms with Gasteiger partial charge < -0.3 is 37.9 Å². The van der Waals surface area contributed by atoms with E-state index in [0.29, 0.717) is 68.3 Å². The molecule has 4 rings (SSSR count). The largest absolute Gasteiger partial charge is 0.497 e. The van der Waals surface area contributed by atoms with Crippen molar-refractivity contribution in [1.82, 2.24) is 0 Å². The van der Waals surface area contributed by atoms with Crippen LogP contribution in [0.4, 0.5) is 0 Å². The molecule has 0 aliphatic heterocycles. The van der Waals surface area contributed by atoms with E-state index in [9.17, 15) is 4.79 Å². The van der Waals surface area contributed by atoms with Gasteiger partial charge in [0.05, 0.1) is 56.9 Å². The summed E-state index contributed by atoms with van der Waals surface area (Å²) < 4.78 is 44.8. The van der Waals surface area contributed by atoms with Gasteiger partial charge in [-0.15, -0.1) is 0 Å². The van der Waals surface area contributed by atoms with Gasteiger partial charge in [0.2, 0.25) is 11.5 Å². The van der Waals surface area contributed by atoms with Crippen molar-refractivity contribution in [3.05, 3.63) is 64.2 Å². The maximum atomic E-state index is 14.1. The maximum absolute atomic E-state index is 14.1. The van der Waals surface area contributed by atoms with Crippen LogP contribution in [0, 0.1) is 0 Å². The SMILES string of the molecule is COc1ccc(/C=C2\C(=O)c3cc(OC)c(OC)c(OC)c3C2c2cc(OC)c(OC)c(OC)c2)c(OC)c1. The molecule has 0 heterocycles. The van der Waals surface area contributed by atoms with Gasteiger partial charge in [-0.3, -0.25) is 4.79 Å². The summed E-state index contributed by atoms with van der Waals surface area (Å²) in [5, 5.41) is 0. The predicted molar refractivity (Wildman–Crippen MR) is 146 cm³/mol. The summed E-state index contributed by atoms with van der Waals surface area (Å²) in [5.41, 5.74) is 2.97. The van der Waals surface area contributed by atoms with Gasteiger partial charge in [0.15, 0.2) is 28.8 Å². The fourth-order valence-electron chi connectivity index (χ4n) is 4.96. The number of hydrogen-bond donors (Lipinski definition) is 0. The molecule has 3 aromatic carbocycles. The maximum Gasteiger partial charge on any atom is 0.203 e. The number of benzene rings is 3. The van der Waals surface area contributed by atoms with Crippen LogP contribution in [0.5, 0.6) is 46.0 Å². The van der Waals surface area contributed by atoms with E-state index in [0.717, 1.165) is 5.56 Å². The van der Waals surface area contributed by atoms with Crippen LogP contribution >= 0.6 is 0 Å². The van der Waals surface area contributed by atoms with Crippen molar-refractivity contribution in [3.63, 3.8) is 0 Å². The molecule has 39 heavy (non-hydrogen) atoms. The quantitative estimate of drug-likeness (QED) is 0.326. The molecule has 0 saturated heterocycles. The first-order chi connectivity index (χ1) is 18.9. The normalized spacial score (nSPS) is 15.0. The number of ketones is 1. The van der Waals surface area contributed by atoms with E-state index in [2.05, 4.69) is 0 Å². The van der Waals surface area contributed by atoms with Crippen molar-refractivity contribution < 1.29 is 42.7 Å². The molecule has 0 spiro atoms. The number of ether oxygens (including phenoxy) is 8. The van der Waals surface area contributed by atoms with Crippen LogP contribution in [-0.4, -0.2) is 62.7 Å². The Hall–Kier alpha value is -4.53. The Bertz CT molecular complexity index is 1400. The Morgan fingerprint density at radius 3 is 1.67 bits per heavy atom. The van der Waals surface area contributed by atoms with E-state index in [1.165, 1.54) is 28.4 Å². The van der Waals surface area contributed by atoms with Crippen LogP contribution in [0.1, 0.15) is 33.0 Å². The Kier molecular flexibility index (Phi) is 8.09. The van der Waals surface area contributed by atoms with Crippen LogP contribution in [0.25, 0.3) is 6.08 Å². The molecule has 0 N–H and O–H groups in total. The molecular formula is C30H32O9. The number of allylic oxidation sites excluding steroid dienone is 1. The lowest BCUT2D eigenvalue weighted by Gasteiger charge is -2.22. The monoisotopic (exact) mass is 536 g/mol. The Balaban J connectivity index is 2.08. The van der Waals surface area contributed by atoms with Crippen LogP contribution < -0.4 is 37.9 Å². The molecule has 9 heteroatoms. The van der Waals surface area contributed by atoms with Crippen LogP contribution in [-0.2, 0) is 0 Å². The molecule has 3 aromatic rings. The lowest BCUT2D eigenvalue weighted by Crippen LogP contribution is -2.06. The third-order valence-corrected chi connectivity index (χ3v) is 6.75. The number of methoxy groups -OCH3 is 8. The minimum atomic E-state index is -0.581. The van der Waals surface area contributed by atoms with Gasteiger partial charge in [0, 0.05) is 34.2 Å². The first kappa shape index (κ1) is 27.5. The number of hydrogen-bond acceptors (Lipinski definition) is 9. The third kappa shape index (κ3) is 4.65. The molecule has 9 nitrogen and oxygen atoms in total. The van der Waals surface area contributed by atoms with E-state index < -0.39 is 5.92 Å². The van der Waals surface area contributed by atoms with E-state index in [-0.39, 0.29) is 5.78 Å². The summed E-state index contributed by atoms with van der Waals surface area (Å²) >= 11 is 0. The first-order valence-electron chi connectivity index (χ1n) is 12.0. The van der Waals surface area contributed by atoms with Gasteiger partial charge in [-0.05, 0) is 42.0 Å². The summed E-state index contributed by atoms with van der Waals surface area (Å²) in [6.07, 6.45) is 1.81. The number of carbonyl (C=O) groups excluding carboxylic acids is 1. The molecule has 1 atom stereocenters. The molecule has 0 bridgehead atoms. The minimum absolute atomic E-state index is 0.194. The van der Waals surface area contributed by atoms with Crippen molar-refractivity contribution in [2.75, 3.05) is 56.9 Å². The second kappa shape index (κ2) is 11.5. The Labute approximate surface area is 227 Å². The van der Waals surface area contributed by atoms with E-state index in [4.69, 9.17) is 37.9 Å². The van der Waals surface area contributed by atoms with Gasteiger partial charge in [0.25, 0.3) is 0 Å². The molecule has 1 aliphatic rings. The minimum Gasteiger partial charge on any atom is -0.497 e. The van der Waals surface area contributed by atoms with E-state index in [1.807, 2.05) is 30.3 Å². The summed E-state index contributed by atoms with van der Waals surface area (Å²) in [6.45, 7) is 0. The summed E-state index contributed by atoms with van der Waals surface area (Å²) in [4.78, 5) is 14.1. The summed E-state index contributed by atoms with van der Waals surface area (Å²) in [5.74, 6) is 2.91. The third-order valence-electron chi connectivity index (χ3n) is 6.75. The van der Waals surface area contributed by atoms with Crippen molar-refractivity contribution in [1.29, 1.82) is 0 Å². The molecule has 0 radical (unpaired) electrons.